The molecule has 0 saturated heterocycles. The molecule has 110 valence electrons. The van der Waals surface area contributed by atoms with Crippen LogP contribution in [0.1, 0.15) is 5.69 Å². The van der Waals surface area contributed by atoms with Crippen molar-refractivity contribution in [1.29, 1.82) is 0 Å². The topological polar surface area (TPSA) is 119 Å². The molecule has 2 heterocycles. The highest BCUT2D eigenvalue weighted by Crippen LogP contribution is 2.04. The normalized spacial score (nSPS) is 18.4. The molecular formula is C13H15N5O3. The molecule has 8 nitrogen and oxygen atoms in total. The van der Waals surface area contributed by atoms with Gasteiger partial charge in [0.1, 0.15) is 0 Å². The van der Waals surface area contributed by atoms with Crippen LogP contribution in [0, 0.1) is 0 Å². The average Bonchev–Trinajstić information content (AvgIpc) is 2.96. The Morgan fingerprint density at radius 2 is 2.33 bits per heavy atom. The number of H-pyrrole nitrogens is 1. The van der Waals surface area contributed by atoms with Crippen molar-refractivity contribution >= 4 is 18.0 Å². The Morgan fingerprint density at radius 3 is 3.05 bits per heavy atom. The van der Waals surface area contributed by atoms with Gasteiger partial charge in [0.2, 0.25) is 5.91 Å². The summed E-state index contributed by atoms with van der Waals surface area (Å²) in [5, 5.41) is 16.9. The highest BCUT2D eigenvalue weighted by molar-refractivity contribution is 5.91. The first kappa shape index (κ1) is 14.5. The Hall–Kier alpha value is -2.87. The maximum Gasteiger partial charge on any atom is 0.321 e. The lowest BCUT2D eigenvalue weighted by Crippen LogP contribution is -2.45. The van der Waals surface area contributed by atoms with E-state index in [0.717, 1.165) is 5.69 Å². The van der Waals surface area contributed by atoms with Gasteiger partial charge < -0.3 is 26.0 Å². The third-order valence-corrected chi connectivity index (χ3v) is 2.59. The number of hydrogen-bond donors (Lipinski definition) is 5. The van der Waals surface area contributed by atoms with Gasteiger partial charge in [-0.2, -0.15) is 0 Å². The summed E-state index contributed by atoms with van der Waals surface area (Å²) < 4.78 is 0. The van der Waals surface area contributed by atoms with Crippen LogP contribution in [-0.4, -0.2) is 39.8 Å². The lowest BCUT2D eigenvalue weighted by molar-refractivity contribution is -0.116. The molecule has 0 radical (unpaired) electrons. The summed E-state index contributed by atoms with van der Waals surface area (Å²) in [6.45, 7) is 0.296. The fourth-order valence-electron chi connectivity index (χ4n) is 1.55. The van der Waals surface area contributed by atoms with Crippen LogP contribution >= 0.6 is 0 Å². The number of hydrogen-bond acceptors (Lipinski definition) is 4. The zero-order valence-electron chi connectivity index (χ0n) is 11.0. The third-order valence-electron chi connectivity index (χ3n) is 2.59. The minimum atomic E-state index is -1.05. The molecule has 2 rings (SSSR count). The van der Waals surface area contributed by atoms with Gasteiger partial charge in [-0.3, -0.25) is 4.79 Å². The van der Waals surface area contributed by atoms with E-state index in [1.807, 2.05) is 0 Å². The fourth-order valence-corrected chi connectivity index (χ4v) is 1.55. The molecule has 0 bridgehead atoms. The number of nitrogens with one attached hydrogen (secondary N) is 4. The van der Waals surface area contributed by atoms with Crippen molar-refractivity contribution < 1.29 is 14.7 Å². The van der Waals surface area contributed by atoms with Crippen LogP contribution in [-0.2, 0) is 4.79 Å². The van der Waals surface area contributed by atoms with E-state index in [9.17, 15) is 14.7 Å². The van der Waals surface area contributed by atoms with Crippen molar-refractivity contribution in [3.8, 4) is 0 Å². The van der Waals surface area contributed by atoms with E-state index in [1.165, 1.54) is 18.6 Å². The van der Waals surface area contributed by atoms with Crippen LogP contribution in [0.25, 0.3) is 6.08 Å². The van der Waals surface area contributed by atoms with Crippen molar-refractivity contribution in [2.24, 2.45) is 0 Å². The number of aliphatic hydroxyl groups excluding tert-OH is 1. The van der Waals surface area contributed by atoms with Crippen LogP contribution < -0.4 is 16.0 Å². The van der Waals surface area contributed by atoms with Crippen LogP contribution in [0.4, 0.5) is 4.79 Å². The standard InChI is InChI=1S/C13H15N5O3/c19-11(4-3-10-7-14-8-17-10)15-5-1-2-9-6-16-13(21)18-12(9)20/h1-4,6-8,12,20H,5H2,(H,14,17)(H,15,19)(H2,16,18,21)/b2-1+,4-3+. The van der Waals surface area contributed by atoms with Gasteiger partial charge in [-0.25, -0.2) is 9.78 Å². The Balaban J connectivity index is 1.75. The molecule has 0 aliphatic carbocycles. The van der Waals surface area contributed by atoms with Gasteiger partial charge >= 0.3 is 6.03 Å². The van der Waals surface area contributed by atoms with E-state index in [4.69, 9.17) is 0 Å². The number of aliphatic hydroxyl groups is 1. The highest BCUT2D eigenvalue weighted by Gasteiger charge is 2.15. The molecule has 3 amide bonds. The van der Waals surface area contributed by atoms with Crippen molar-refractivity contribution in [2.75, 3.05) is 6.54 Å². The lowest BCUT2D eigenvalue weighted by atomic mass is 10.2. The summed E-state index contributed by atoms with van der Waals surface area (Å²) >= 11 is 0. The number of amides is 3. The number of urea groups is 1. The quantitative estimate of drug-likeness (QED) is 0.474. The molecular weight excluding hydrogens is 274 g/mol. The number of rotatable bonds is 5. The van der Waals surface area contributed by atoms with E-state index >= 15 is 0 Å². The van der Waals surface area contributed by atoms with Crippen molar-refractivity contribution in [3.05, 3.63) is 48.2 Å². The molecule has 1 aromatic heterocycles. The van der Waals surface area contributed by atoms with E-state index in [0.29, 0.717) is 12.1 Å². The fraction of sp³-hybridized carbons (Fsp3) is 0.154. The number of nitrogens with zero attached hydrogens (tertiary/aromatic N) is 1. The van der Waals surface area contributed by atoms with Gasteiger partial charge in [-0.15, -0.1) is 0 Å². The van der Waals surface area contributed by atoms with Crippen molar-refractivity contribution in [2.45, 2.75) is 6.23 Å². The van der Waals surface area contributed by atoms with Crippen LogP contribution in [0.3, 0.4) is 0 Å². The minimum absolute atomic E-state index is 0.251. The summed E-state index contributed by atoms with van der Waals surface area (Å²) in [7, 11) is 0. The molecule has 5 N–H and O–H groups in total. The summed E-state index contributed by atoms with van der Waals surface area (Å²) in [6, 6.07) is -0.461. The molecule has 1 atom stereocenters. The van der Waals surface area contributed by atoms with Crippen molar-refractivity contribution in [1.82, 2.24) is 25.9 Å². The Kier molecular flexibility index (Phi) is 4.89. The van der Waals surface area contributed by atoms with E-state index in [-0.39, 0.29) is 5.91 Å². The first-order chi connectivity index (χ1) is 10.1. The number of aromatic nitrogens is 2. The highest BCUT2D eigenvalue weighted by atomic mass is 16.3. The number of aromatic amines is 1. The zero-order valence-corrected chi connectivity index (χ0v) is 11.0. The smallest absolute Gasteiger partial charge is 0.321 e. The molecule has 1 aliphatic heterocycles. The Morgan fingerprint density at radius 1 is 1.48 bits per heavy atom. The average molecular weight is 289 g/mol. The summed E-state index contributed by atoms with van der Waals surface area (Å²) in [5.41, 5.74) is 1.23. The van der Waals surface area contributed by atoms with Gasteiger partial charge in [0, 0.05) is 24.4 Å². The summed E-state index contributed by atoms with van der Waals surface area (Å²) in [6.07, 6.45) is 9.74. The Labute approximate surface area is 120 Å². The van der Waals surface area contributed by atoms with Gasteiger partial charge in [0.05, 0.1) is 18.2 Å². The third kappa shape index (κ3) is 4.62. The predicted molar refractivity (Wildman–Crippen MR) is 75.5 cm³/mol. The second kappa shape index (κ2) is 7.06. The van der Waals surface area contributed by atoms with Crippen LogP contribution in [0.5, 0.6) is 0 Å². The predicted octanol–water partition coefficient (Wildman–Crippen LogP) is -0.390. The van der Waals surface area contributed by atoms with Crippen LogP contribution in [0.15, 0.2) is 42.5 Å². The monoisotopic (exact) mass is 289 g/mol. The summed E-state index contributed by atoms with van der Waals surface area (Å²) in [5.74, 6) is -0.251. The molecule has 0 spiro atoms. The number of imidazole rings is 1. The van der Waals surface area contributed by atoms with E-state index < -0.39 is 12.3 Å². The number of carbonyl (C=O) groups is 2. The van der Waals surface area contributed by atoms with E-state index in [1.54, 1.807) is 24.4 Å². The largest absolute Gasteiger partial charge is 0.369 e. The molecule has 1 unspecified atom stereocenters. The molecule has 8 heteroatoms. The van der Waals surface area contributed by atoms with Gasteiger partial charge in [-0.05, 0) is 6.08 Å². The summed E-state index contributed by atoms with van der Waals surface area (Å²) in [4.78, 5) is 29.0. The minimum Gasteiger partial charge on any atom is -0.369 e. The molecule has 1 aliphatic rings. The lowest BCUT2D eigenvalue weighted by Gasteiger charge is -2.18. The van der Waals surface area contributed by atoms with E-state index in [2.05, 4.69) is 25.9 Å². The first-order valence-electron chi connectivity index (χ1n) is 6.21. The number of carbonyl (C=O) groups excluding carboxylic acids is 2. The second-order valence-corrected chi connectivity index (χ2v) is 4.15. The molecule has 0 aromatic carbocycles. The van der Waals surface area contributed by atoms with Crippen LogP contribution in [0.2, 0.25) is 0 Å². The molecule has 21 heavy (non-hydrogen) atoms. The first-order valence-corrected chi connectivity index (χ1v) is 6.21. The maximum absolute atomic E-state index is 11.5. The van der Waals surface area contributed by atoms with Gasteiger partial charge in [0.15, 0.2) is 6.23 Å². The Bertz CT molecular complexity index is 589. The maximum atomic E-state index is 11.5. The molecule has 0 saturated carbocycles. The second-order valence-electron chi connectivity index (χ2n) is 4.15. The zero-order chi connectivity index (χ0) is 15.1. The SMILES string of the molecule is O=C(/C=C/c1cnc[nH]1)NC/C=C/C1=CNC(=O)NC1O. The van der Waals surface area contributed by atoms with Crippen molar-refractivity contribution in [3.63, 3.8) is 0 Å². The van der Waals surface area contributed by atoms with Gasteiger partial charge in [0.25, 0.3) is 0 Å². The van der Waals surface area contributed by atoms with Gasteiger partial charge in [-0.1, -0.05) is 12.2 Å². The molecule has 1 aromatic rings. The molecule has 0 fully saturated rings.